The van der Waals surface area contributed by atoms with Gasteiger partial charge in [0, 0.05) is 0 Å². The van der Waals surface area contributed by atoms with Crippen molar-refractivity contribution in [3.63, 3.8) is 0 Å². The van der Waals surface area contributed by atoms with Crippen LogP contribution < -0.4 is 10.6 Å². The molecule has 4 aromatic rings. The fraction of sp³-hybridized carbons (Fsp3) is 0. The third-order valence-corrected chi connectivity index (χ3v) is 3.88. The van der Waals surface area contributed by atoms with Gasteiger partial charge in [0.15, 0.2) is 0 Å². The van der Waals surface area contributed by atoms with Gasteiger partial charge in [-0.1, -0.05) is 12.1 Å². The van der Waals surface area contributed by atoms with Crippen LogP contribution in [0.3, 0.4) is 0 Å². The Bertz CT molecular complexity index is 1100. The molecule has 2 amide bonds. The van der Waals surface area contributed by atoms with Crippen LogP contribution in [0.2, 0.25) is 0 Å². The van der Waals surface area contributed by atoms with Crippen molar-refractivity contribution < 1.29 is 18.4 Å². The van der Waals surface area contributed by atoms with Crippen molar-refractivity contribution in [2.75, 3.05) is 10.6 Å². The molecular formula is C19H13FN4O3. The van der Waals surface area contributed by atoms with Gasteiger partial charge in [0.05, 0.1) is 34.1 Å². The molecule has 8 heteroatoms. The lowest BCUT2D eigenvalue weighted by atomic mass is 10.1. The minimum absolute atomic E-state index is 0.0369. The molecule has 7 nitrogen and oxygen atoms in total. The zero-order valence-electron chi connectivity index (χ0n) is 13.8. The van der Waals surface area contributed by atoms with Gasteiger partial charge in [0.1, 0.15) is 12.1 Å². The van der Waals surface area contributed by atoms with Gasteiger partial charge in [-0.05, 0) is 36.4 Å². The molecule has 2 aromatic heterocycles. The van der Waals surface area contributed by atoms with E-state index in [1.54, 1.807) is 6.07 Å². The largest absolute Gasteiger partial charge is 0.472 e. The van der Waals surface area contributed by atoms with Crippen LogP contribution in [0.15, 0.2) is 65.5 Å². The van der Waals surface area contributed by atoms with E-state index in [2.05, 4.69) is 20.6 Å². The standard InChI is InChI=1S/C19H13FN4O3/c20-12-5-6-13(16(9-12)21-17(25)11-7-8-27-10-11)18(26)24-19-22-14-3-1-2-4-15(14)23-19/h1-10H,(H,21,25)(H2,22,23,24,26). The van der Waals surface area contributed by atoms with Gasteiger partial charge in [0.2, 0.25) is 5.95 Å². The Balaban J connectivity index is 1.60. The smallest absolute Gasteiger partial charge is 0.260 e. The summed E-state index contributed by atoms with van der Waals surface area (Å²) in [6.07, 6.45) is 2.60. The zero-order valence-corrected chi connectivity index (χ0v) is 13.8. The second kappa shape index (κ2) is 6.75. The average Bonchev–Trinajstić information content (AvgIpc) is 3.31. The number of H-pyrrole nitrogens is 1. The van der Waals surface area contributed by atoms with Gasteiger partial charge >= 0.3 is 0 Å². The Morgan fingerprint density at radius 1 is 1.04 bits per heavy atom. The highest BCUT2D eigenvalue weighted by Gasteiger charge is 2.17. The van der Waals surface area contributed by atoms with E-state index in [0.29, 0.717) is 5.52 Å². The van der Waals surface area contributed by atoms with Crippen molar-refractivity contribution in [2.24, 2.45) is 0 Å². The lowest BCUT2D eigenvalue weighted by Gasteiger charge is -2.10. The third kappa shape index (κ3) is 3.40. The second-order valence-corrected chi connectivity index (χ2v) is 5.71. The number of aromatic nitrogens is 2. The average molecular weight is 364 g/mol. The fourth-order valence-electron chi connectivity index (χ4n) is 2.59. The number of aromatic amines is 1. The summed E-state index contributed by atoms with van der Waals surface area (Å²) in [6.45, 7) is 0. The molecule has 0 spiro atoms. The molecule has 0 aliphatic heterocycles. The van der Waals surface area contributed by atoms with E-state index in [1.165, 1.54) is 24.7 Å². The van der Waals surface area contributed by atoms with Gasteiger partial charge in [-0.25, -0.2) is 9.37 Å². The lowest BCUT2D eigenvalue weighted by molar-refractivity contribution is 0.102. The first-order valence-corrected chi connectivity index (χ1v) is 7.99. The summed E-state index contributed by atoms with van der Waals surface area (Å²) in [5, 5.41) is 5.13. The number of amides is 2. The number of anilines is 2. The number of nitrogens with one attached hydrogen (secondary N) is 3. The highest BCUT2D eigenvalue weighted by atomic mass is 19.1. The Kier molecular flexibility index (Phi) is 4.13. The molecule has 3 N–H and O–H groups in total. The Hall–Kier alpha value is -3.94. The SMILES string of the molecule is O=C(Nc1cc(F)ccc1C(=O)Nc1nc2ccccc2[nH]1)c1ccoc1. The van der Waals surface area contributed by atoms with E-state index in [1.807, 2.05) is 18.2 Å². The molecular weight excluding hydrogens is 351 g/mol. The monoisotopic (exact) mass is 364 g/mol. The first kappa shape index (κ1) is 16.5. The van der Waals surface area contributed by atoms with E-state index >= 15 is 0 Å². The summed E-state index contributed by atoms with van der Waals surface area (Å²) in [6, 6.07) is 12.3. The van der Waals surface area contributed by atoms with E-state index in [4.69, 9.17) is 4.42 Å². The highest BCUT2D eigenvalue weighted by molar-refractivity contribution is 6.12. The van der Waals surface area contributed by atoms with Gasteiger partial charge in [-0.2, -0.15) is 0 Å². The quantitative estimate of drug-likeness (QED) is 0.513. The Morgan fingerprint density at radius 3 is 2.67 bits per heavy atom. The maximum atomic E-state index is 13.6. The van der Waals surface area contributed by atoms with Crippen LogP contribution in [-0.2, 0) is 0 Å². The van der Waals surface area contributed by atoms with Gasteiger partial charge in [-0.3, -0.25) is 14.9 Å². The number of halogens is 1. The number of carbonyl (C=O) groups excluding carboxylic acids is 2. The van der Waals surface area contributed by atoms with Crippen molar-refractivity contribution in [1.29, 1.82) is 0 Å². The van der Waals surface area contributed by atoms with Gasteiger partial charge in [0.25, 0.3) is 11.8 Å². The molecule has 2 aromatic carbocycles. The number of hydrogen-bond donors (Lipinski definition) is 3. The van der Waals surface area contributed by atoms with Crippen LogP contribution in [0.4, 0.5) is 16.0 Å². The summed E-state index contributed by atoms with van der Waals surface area (Å²) in [5.41, 5.74) is 1.84. The molecule has 0 aliphatic rings. The number of furan rings is 1. The summed E-state index contributed by atoms with van der Waals surface area (Å²) in [7, 11) is 0. The summed E-state index contributed by atoms with van der Waals surface area (Å²) < 4.78 is 18.5. The second-order valence-electron chi connectivity index (χ2n) is 5.71. The number of carbonyl (C=O) groups is 2. The zero-order chi connectivity index (χ0) is 18.8. The third-order valence-electron chi connectivity index (χ3n) is 3.88. The lowest BCUT2D eigenvalue weighted by Crippen LogP contribution is -2.18. The number of fused-ring (bicyclic) bond motifs is 1. The molecule has 0 saturated carbocycles. The normalized spacial score (nSPS) is 10.7. The maximum absolute atomic E-state index is 13.6. The molecule has 4 rings (SSSR count). The molecule has 0 saturated heterocycles. The number of rotatable bonds is 4. The van der Waals surface area contributed by atoms with Crippen molar-refractivity contribution in [3.8, 4) is 0 Å². The van der Waals surface area contributed by atoms with Crippen LogP contribution in [0.5, 0.6) is 0 Å². The van der Waals surface area contributed by atoms with Crippen molar-refractivity contribution >= 4 is 34.5 Å². The van der Waals surface area contributed by atoms with Gasteiger partial charge in [-0.15, -0.1) is 0 Å². The summed E-state index contributed by atoms with van der Waals surface area (Å²) in [5.74, 6) is -1.40. The minimum Gasteiger partial charge on any atom is -0.472 e. The molecule has 0 bridgehead atoms. The van der Waals surface area contributed by atoms with Crippen molar-refractivity contribution in [2.45, 2.75) is 0 Å². The first-order valence-electron chi connectivity index (χ1n) is 7.99. The van der Waals surface area contributed by atoms with Crippen LogP contribution >= 0.6 is 0 Å². The molecule has 0 aliphatic carbocycles. The van der Waals surface area contributed by atoms with Crippen LogP contribution in [0.1, 0.15) is 20.7 Å². The van der Waals surface area contributed by atoms with E-state index in [0.717, 1.165) is 17.6 Å². The number of para-hydroxylation sites is 2. The molecule has 134 valence electrons. The molecule has 2 heterocycles. The van der Waals surface area contributed by atoms with Crippen LogP contribution in [0, 0.1) is 5.82 Å². The Labute approximate surface area is 152 Å². The molecule has 0 fully saturated rings. The number of benzene rings is 2. The van der Waals surface area contributed by atoms with E-state index in [9.17, 15) is 14.0 Å². The van der Waals surface area contributed by atoms with Crippen molar-refractivity contribution in [3.05, 3.63) is 78.0 Å². The van der Waals surface area contributed by atoms with E-state index < -0.39 is 17.6 Å². The van der Waals surface area contributed by atoms with Crippen LogP contribution in [-0.4, -0.2) is 21.8 Å². The fourth-order valence-corrected chi connectivity index (χ4v) is 2.59. The maximum Gasteiger partial charge on any atom is 0.260 e. The predicted molar refractivity (Wildman–Crippen MR) is 97.1 cm³/mol. The molecule has 0 unspecified atom stereocenters. The number of imidazole rings is 1. The Morgan fingerprint density at radius 2 is 1.89 bits per heavy atom. The van der Waals surface area contributed by atoms with Crippen molar-refractivity contribution in [1.82, 2.24) is 9.97 Å². The topological polar surface area (TPSA) is 100 Å². The molecule has 0 atom stereocenters. The number of nitrogens with zero attached hydrogens (tertiary/aromatic N) is 1. The van der Waals surface area contributed by atoms with E-state index in [-0.39, 0.29) is 22.8 Å². The first-order chi connectivity index (χ1) is 13.1. The summed E-state index contributed by atoms with van der Waals surface area (Å²) >= 11 is 0. The highest BCUT2D eigenvalue weighted by Crippen LogP contribution is 2.21. The van der Waals surface area contributed by atoms with Gasteiger partial charge < -0.3 is 14.7 Å². The minimum atomic E-state index is -0.585. The van der Waals surface area contributed by atoms with Crippen LogP contribution in [0.25, 0.3) is 11.0 Å². The molecule has 0 radical (unpaired) electrons. The predicted octanol–water partition coefficient (Wildman–Crippen LogP) is 3.80. The molecule has 27 heavy (non-hydrogen) atoms. The number of hydrogen-bond acceptors (Lipinski definition) is 4. The summed E-state index contributed by atoms with van der Waals surface area (Å²) in [4.78, 5) is 32.1.